The number of allylic oxidation sites excluding steroid dienone is 1. The van der Waals surface area contributed by atoms with Crippen LogP contribution in [-0.4, -0.2) is 21.9 Å². The minimum Gasteiger partial charge on any atom is -0.497 e. The second kappa shape index (κ2) is 5.85. The lowest BCUT2D eigenvalue weighted by Crippen LogP contribution is -2.20. The summed E-state index contributed by atoms with van der Waals surface area (Å²) in [6.07, 6.45) is 2.18. The summed E-state index contributed by atoms with van der Waals surface area (Å²) in [4.78, 5) is 4.51. The van der Waals surface area contributed by atoms with Crippen LogP contribution in [0.1, 0.15) is 23.0 Å². The van der Waals surface area contributed by atoms with Crippen molar-refractivity contribution in [1.29, 1.82) is 0 Å². The number of aryl methyl sites for hydroxylation is 1. The highest BCUT2D eigenvalue weighted by Gasteiger charge is 2.24. The van der Waals surface area contributed by atoms with Crippen LogP contribution in [0.5, 0.6) is 5.75 Å². The number of anilines is 1. The molecule has 1 N–H and O–H groups in total. The van der Waals surface area contributed by atoms with Crippen LogP contribution in [0.3, 0.4) is 0 Å². The van der Waals surface area contributed by atoms with Gasteiger partial charge in [0.15, 0.2) is 0 Å². The zero-order valence-electron chi connectivity index (χ0n) is 13.6. The molecule has 0 unspecified atom stereocenters. The summed E-state index contributed by atoms with van der Waals surface area (Å²) in [5.41, 5.74) is 3.28. The first-order chi connectivity index (χ1) is 11.7. The number of aromatic nitrogens is 3. The van der Waals surface area contributed by atoms with Crippen LogP contribution in [-0.2, 0) is 0 Å². The van der Waals surface area contributed by atoms with E-state index in [4.69, 9.17) is 4.74 Å². The van der Waals surface area contributed by atoms with E-state index < -0.39 is 0 Å². The molecule has 0 saturated carbocycles. The van der Waals surface area contributed by atoms with Gasteiger partial charge in [-0.05, 0) is 48.4 Å². The maximum atomic E-state index is 5.24. The van der Waals surface area contributed by atoms with Gasteiger partial charge in [0, 0.05) is 5.70 Å². The molecule has 1 aliphatic rings. The Balaban J connectivity index is 1.79. The normalized spacial score (nSPS) is 16.1. The number of rotatable bonds is 3. The van der Waals surface area contributed by atoms with E-state index >= 15 is 0 Å². The van der Waals surface area contributed by atoms with Crippen molar-refractivity contribution in [1.82, 2.24) is 14.8 Å². The van der Waals surface area contributed by atoms with E-state index in [2.05, 4.69) is 33.6 Å². The standard InChI is InChI=1S/C19H18N4O/c1-13-20-19-21-17(14-8-10-16(24-2)11-9-14)12-18(23(19)22-13)15-6-4-3-5-7-15/h3-12,18H,1-2H3,(H,20,21,22)/t18-/m1/s1. The SMILES string of the molecule is COc1ccc(C2=C[C@H](c3ccccc3)n3nc(C)nc3N2)cc1. The molecule has 0 amide bonds. The van der Waals surface area contributed by atoms with E-state index in [-0.39, 0.29) is 6.04 Å². The number of nitrogens with zero attached hydrogens (tertiary/aromatic N) is 3. The van der Waals surface area contributed by atoms with Crippen LogP contribution in [0.25, 0.3) is 5.70 Å². The molecule has 1 aromatic heterocycles. The Morgan fingerprint density at radius 1 is 1.04 bits per heavy atom. The first-order valence-corrected chi connectivity index (χ1v) is 7.86. The second-order valence-electron chi connectivity index (χ2n) is 5.72. The van der Waals surface area contributed by atoms with Gasteiger partial charge in [-0.25, -0.2) is 4.68 Å². The molecule has 0 aliphatic carbocycles. The maximum Gasteiger partial charge on any atom is 0.226 e. The zero-order chi connectivity index (χ0) is 16.5. The number of ether oxygens (including phenoxy) is 1. The number of fused-ring (bicyclic) bond motifs is 1. The fourth-order valence-electron chi connectivity index (χ4n) is 2.93. The number of nitrogens with one attached hydrogen (secondary N) is 1. The van der Waals surface area contributed by atoms with Crippen LogP contribution in [0.4, 0.5) is 5.95 Å². The minimum atomic E-state index is 0.0146. The van der Waals surface area contributed by atoms with Crippen molar-refractivity contribution in [3.05, 3.63) is 77.6 Å². The van der Waals surface area contributed by atoms with Crippen molar-refractivity contribution in [2.75, 3.05) is 12.4 Å². The van der Waals surface area contributed by atoms with Crippen LogP contribution >= 0.6 is 0 Å². The van der Waals surface area contributed by atoms with Gasteiger partial charge < -0.3 is 10.1 Å². The molecule has 120 valence electrons. The highest BCUT2D eigenvalue weighted by molar-refractivity contribution is 5.77. The maximum absolute atomic E-state index is 5.24. The van der Waals surface area contributed by atoms with Gasteiger partial charge in [-0.15, -0.1) is 0 Å². The first-order valence-electron chi connectivity index (χ1n) is 7.86. The Morgan fingerprint density at radius 3 is 2.50 bits per heavy atom. The van der Waals surface area contributed by atoms with E-state index in [9.17, 15) is 0 Å². The molecule has 4 rings (SSSR count). The third-order valence-corrected chi connectivity index (χ3v) is 4.11. The van der Waals surface area contributed by atoms with Crippen molar-refractivity contribution in [3.8, 4) is 5.75 Å². The summed E-state index contributed by atoms with van der Waals surface area (Å²) < 4.78 is 7.17. The van der Waals surface area contributed by atoms with Gasteiger partial charge in [0.05, 0.1) is 7.11 Å². The lowest BCUT2D eigenvalue weighted by atomic mass is 10.0. The zero-order valence-corrected chi connectivity index (χ0v) is 13.6. The van der Waals surface area contributed by atoms with Crippen LogP contribution in [0.15, 0.2) is 60.7 Å². The van der Waals surface area contributed by atoms with E-state index in [1.54, 1.807) is 7.11 Å². The van der Waals surface area contributed by atoms with Gasteiger partial charge in [0.25, 0.3) is 0 Å². The number of hydrogen-bond acceptors (Lipinski definition) is 4. The number of benzene rings is 2. The molecule has 2 heterocycles. The quantitative estimate of drug-likeness (QED) is 0.801. The van der Waals surface area contributed by atoms with Crippen molar-refractivity contribution >= 4 is 11.6 Å². The Hall–Kier alpha value is -3.08. The third kappa shape index (κ3) is 2.54. The van der Waals surface area contributed by atoms with Crippen LogP contribution < -0.4 is 10.1 Å². The second-order valence-corrected chi connectivity index (χ2v) is 5.72. The summed E-state index contributed by atoms with van der Waals surface area (Å²) in [5, 5.41) is 7.92. The average molecular weight is 318 g/mol. The van der Waals surface area contributed by atoms with Crippen molar-refractivity contribution in [2.45, 2.75) is 13.0 Å². The van der Waals surface area contributed by atoms with E-state index in [1.807, 2.05) is 54.1 Å². The van der Waals surface area contributed by atoms with Crippen molar-refractivity contribution in [3.63, 3.8) is 0 Å². The monoisotopic (exact) mass is 318 g/mol. The molecule has 0 fully saturated rings. The van der Waals surface area contributed by atoms with E-state index in [0.717, 1.165) is 28.8 Å². The molecule has 3 aromatic rings. The first kappa shape index (κ1) is 14.5. The van der Waals surface area contributed by atoms with Gasteiger partial charge in [-0.3, -0.25) is 0 Å². The van der Waals surface area contributed by atoms with Gasteiger partial charge in [-0.2, -0.15) is 10.1 Å². The molecule has 0 spiro atoms. The average Bonchev–Trinajstić information content (AvgIpc) is 3.02. The lowest BCUT2D eigenvalue weighted by molar-refractivity contribution is 0.415. The largest absolute Gasteiger partial charge is 0.497 e. The molecular weight excluding hydrogens is 300 g/mol. The Labute approximate surface area is 140 Å². The molecule has 1 atom stereocenters. The molecule has 0 saturated heterocycles. The predicted octanol–water partition coefficient (Wildman–Crippen LogP) is 3.65. The molecule has 0 bridgehead atoms. The molecule has 5 heteroatoms. The summed E-state index contributed by atoms with van der Waals surface area (Å²) in [7, 11) is 1.67. The van der Waals surface area contributed by atoms with Crippen LogP contribution in [0.2, 0.25) is 0 Å². The highest BCUT2D eigenvalue weighted by Crippen LogP contribution is 2.32. The van der Waals surface area contributed by atoms with Gasteiger partial charge >= 0.3 is 0 Å². The van der Waals surface area contributed by atoms with Gasteiger partial charge in [0.2, 0.25) is 5.95 Å². The fraction of sp³-hybridized carbons (Fsp3) is 0.158. The molecule has 24 heavy (non-hydrogen) atoms. The minimum absolute atomic E-state index is 0.0146. The van der Waals surface area contributed by atoms with Crippen molar-refractivity contribution < 1.29 is 4.74 Å². The molecular formula is C19H18N4O. The third-order valence-electron chi connectivity index (χ3n) is 4.11. The van der Waals surface area contributed by atoms with E-state index in [0.29, 0.717) is 0 Å². The molecule has 0 radical (unpaired) electrons. The Kier molecular flexibility index (Phi) is 3.54. The number of hydrogen-bond donors (Lipinski definition) is 1. The summed E-state index contributed by atoms with van der Waals surface area (Å²) in [6, 6.07) is 18.3. The smallest absolute Gasteiger partial charge is 0.226 e. The van der Waals surface area contributed by atoms with Crippen LogP contribution in [0, 0.1) is 6.92 Å². The topological polar surface area (TPSA) is 52.0 Å². The molecule has 1 aliphatic heterocycles. The summed E-state index contributed by atoms with van der Waals surface area (Å²) >= 11 is 0. The van der Waals surface area contributed by atoms with Crippen molar-refractivity contribution in [2.24, 2.45) is 0 Å². The molecule has 5 nitrogen and oxygen atoms in total. The van der Waals surface area contributed by atoms with Gasteiger partial charge in [0.1, 0.15) is 17.6 Å². The van der Waals surface area contributed by atoms with E-state index in [1.165, 1.54) is 5.56 Å². The summed E-state index contributed by atoms with van der Waals surface area (Å²) in [6.45, 7) is 1.90. The highest BCUT2D eigenvalue weighted by atomic mass is 16.5. The predicted molar refractivity (Wildman–Crippen MR) is 93.9 cm³/mol. The summed E-state index contributed by atoms with van der Waals surface area (Å²) in [5.74, 6) is 2.35. The Bertz CT molecular complexity index is 881. The number of methoxy groups -OCH3 is 1. The fourth-order valence-corrected chi connectivity index (χ4v) is 2.93. The lowest BCUT2D eigenvalue weighted by Gasteiger charge is -2.24. The van der Waals surface area contributed by atoms with Gasteiger partial charge in [-0.1, -0.05) is 30.3 Å². The molecule has 2 aromatic carbocycles. The Morgan fingerprint density at radius 2 is 1.79 bits per heavy atom.